The molecular weight excluding hydrogens is 508 g/mol. The van der Waals surface area contributed by atoms with E-state index >= 15 is 0 Å². The average molecular weight is 537 g/mol. The van der Waals surface area contributed by atoms with Crippen molar-refractivity contribution in [3.8, 4) is 22.4 Å². The smallest absolute Gasteiger partial charge is 0.305 e. The highest BCUT2D eigenvalue weighted by Gasteiger charge is 2.27. The lowest BCUT2D eigenvalue weighted by atomic mass is 10.0. The van der Waals surface area contributed by atoms with Crippen molar-refractivity contribution in [1.29, 1.82) is 0 Å². The van der Waals surface area contributed by atoms with Crippen LogP contribution in [0.2, 0.25) is 0 Å². The first-order valence-electron chi connectivity index (χ1n) is 12.1. The number of hydrogen-bond acceptors (Lipinski definition) is 7. The summed E-state index contributed by atoms with van der Waals surface area (Å²) < 4.78 is 5.34. The summed E-state index contributed by atoms with van der Waals surface area (Å²) in [5, 5.41) is 26.5. The van der Waals surface area contributed by atoms with Crippen LogP contribution in [0.5, 0.6) is 0 Å². The first-order chi connectivity index (χ1) is 18.6. The average Bonchev–Trinajstić information content (AvgIpc) is 3.38. The second-order valence-electron chi connectivity index (χ2n) is 8.74. The van der Waals surface area contributed by atoms with Gasteiger partial charge < -0.3 is 31.1 Å². The van der Waals surface area contributed by atoms with Gasteiger partial charge in [-0.25, -0.2) is 0 Å². The predicted octanol–water partition coefficient (Wildman–Crippen LogP) is 1.74. The standard InChI is InChI=1S/C27H28N4O8/c28-26(37)22(15-25(35)36)30-27(38)20(11-13-24(33)34)29-23(32)12-10-19-14-21(31-39-19)18-8-6-17(7-9-18)16-4-2-1-3-5-16/h1-9,14,20,22H,10-13,15H2,(H2,28,37)(H,29,32)(H,30,38)(H,33,34)(H,35,36). The zero-order chi connectivity index (χ0) is 28.4. The van der Waals surface area contributed by atoms with Crippen LogP contribution in [0, 0.1) is 0 Å². The van der Waals surface area contributed by atoms with Crippen molar-refractivity contribution in [2.75, 3.05) is 0 Å². The molecule has 12 nitrogen and oxygen atoms in total. The third-order valence-electron chi connectivity index (χ3n) is 5.78. The Kier molecular flexibility index (Phi) is 9.90. The molecule has 0 saturated heterocycles. The first-order valence-corrected chi connectivity index (χ1v) is 12.1. The minimum absolute atomic E-state index is 0.104. The van der Waals surface area contributed by atoms with Gasteiger partial charge in [0, 0.05) is 30.9 Å². The molecule has 39 heavy (non-hydrogen) atoms. The lowest BCUT2D eigenvalue weighted by Gasteiger charge is -2.20. The molecule has 2 unspecified atom stereocenters. The van der Waals surface area contributed by atoms with E-state index in [1.54, 1.807) is 6.07 Å². The van der Waals surface area contributed by atoms with E-state index in [2.05, 4.69) is 15.8 Å². The maximum absolute atomic E-state index is 12.6. The Morgan fingerprint density at radius 2 is 1.46 bits per heavy atom. The predicted molar refractivity (Wildman–Crippen MR) is 138 cm³/mol. The Balaban J connectivity index is 1.58. The summed E-state index contributed by atoms with van der Waals surface area (Å²) in [6.07, 6.45) is -1.45. The first kappa shape index (κ1) is 28.6. The quantitative estimate of drug-likeness (QED) is 0.203. The molecule has 0 bridgehead atoms. The van der Waals surface area contributed by atoms with Gasteiger partial charge in [-0.15, -0.1) is 0 Å². The molecule has 0 radical (unpaired) electrons. The fraction of sp³-hybridized carbons (Fsp3) is 0.259. The number of aryl methyl sites for hydroxylation is 1. The fourth-order valence-electron chi connectivity index (χ4n) is 3.74. The minimum Gasteiger partial charge on any atom is -0.481 e. The fourth-order valence-corrected chi connectivity index (χ4v) is 3.74. The monoisotopic (exact) mass is 536 g/mol. The van der Waals surface area contributed by atoms with E-state index in [-0.39, 0.29) is 19.3 Å². The third-order valence-corrected chi connectivity index (χ3v) is 5.78. The highest BCUT2D eigenvalue weighted by molar-refractivity contribution is 5.93. The zero-order valence-corrected chi connectivity index (χ0v) is 20.8. The maximum atomic E-state index is 12.6. The molecule has 6 N–H and O–H groups in total. The van der Waals surface area contributed by atoms with Gasteiger partial charge in [-0.2, -0.15) is 0 Å². The van der Waals surface area contributed by atoms with Crippen LogP contribution in [0.4, 0.5) is 0 Å². The highest BCUT2D eigenvalue weighted by atomic mass is 16.5. The Labute approximate surface area is 223 Å². The number of nitrogens with zero attached hydrogens (tertiary/aromatic N) is 1. The number of amides is 3. The lowest BCUT2D eigenvalue weighted by molar-refractivity contribution is -0.140. The van der Waals surface area contributed by atoms with Gasteiger partial charge in [-0.05, 0) is 17.5 Å². The largest absolute Gasteiger partial charge is 0.481 e. The van der Waals surface area contributed by atoms with E-state index < -0.39 is 54.6 Å². The van der Waals surface area contributed by atoms with Crippen LogP contribution in [0.25, 0.3) is 22.4 Å². The van der Waals surface area contributed by atoms with Gasteiger partial charge in [0.05, 0.1) is 6.42 Å². The summed E-state index contributed by atoms with van der Waals surface area (Å²) in [5.41, 5.74) is 8.67. The van der Waals surface area contributed by atoms with E-state index in [4.69, 9.17) is 20.5 Å². The molecule has 1 aromatic heterocycles. The molecular formula is C27H28N4O8. The minimum atomic E-state index is -1.52. The number of carboxylic acid groups (broad SMARTS) is 2. The molecule has 0 aliphatic rings. The molecule has 1 heterocycles. The molecule has 0 aliphatic heterocycles. The van der Waals surface area contributed by atoms with Crippen molar-refractivity contribution in [2.24, 2.45) is 5.73 Å². The lowest BCUT2D eigenvalue weighted by Crippen LogP contribution is -2.53. The van der Waals surface area contributed by atoms with Crippen molar-refractivity contribution in [3.63, 3.8) is 0 Å². The Morgan fingerprint density at radius 3 is 2.08 bits per heavy atom. The van der Waals surface area contributed by atoms with Gasteiger partial charge in [0.1, 0.15) is 23.5 Å². The molecule has 2 atom stereocenters. The van der Waals surface area contributed by atoms with Crippen molar-refractivity contribution in [2.45, 2.75) is 44.2 Å². The molecule has 0 saturated carbocycles. The number of hydrogen-bond donors (Lipinski definition) is 5. The second kappa shape index (κ2) is 13.5. The van der Waals surface area contributed by atoms with Crippen molar-refractivity contribution in [3.05, 3.63) is 66.4 Å². The van der Waals surface area contributed by atoms with Crippen LogP contribution in [-0.2, 0) is 30.4 Å². The van der Waals surface area contributed by atoms with Crippen LogP contribution in [0.15, 0.2) is 65.2 Å². The summed E-state index contributed by atoms with van der Waals surface area (Å²) in [4.78, 5) is 58.5. The highest BCUT2D eigenvalue weighted by Crippen LogP contribution is 2.25. The van der Waals surface area contributed by atoms with Gasteiger partial charge in [0.2, 0.25) is 17.7 Å². The summed E-state index contributed by atoms with van der Waals surface area (Å²) in [6.45, 7) is 0. The van der Waals surface area contributed by atoms with Crippen LogP contribution in [0.3, 0.4) is 0 Å². The Morgan fingerprint density at radius 1 is 0.821 bits per heavy atom. The number of carbonyl (C=O) groups excluding carboxylic acids is 3. The molecule has 12 heteroatoms. The number of aliphatic carboxylic acids is 2. The van der Waals surface area contributed by atoms with Gasteiger partial charge in [0.25, 0.3) is 0 Å². The van der Waals surface area contributed by atoms with Crippen molar-refractivity contribution >= 4 is 29.7 Å². The van der Waals surface area contributed by atoms with Crippen LogP contribution < -0.4 is 16.4 Å². The molecule has 3 aromatic rings. The molecule has 0 fully saturated rings. The van der Waals surface area contributed by atoms with E-state index in [1.165, 1.54) is 0 Å². The molecule has 3 rings (SSSR count). The van der Waals surface area contributed by atoms with E-state index in [0.717, 1.165) is 16.7 Å². The number of carbonyl (C=O) groups is 5. The van der Waals surface area contributed by atoms with Gasteiger partial charge >= 0.3 is 11.9 Å². The van der Waals surface area contributed by atoms with Gasteiger partial charge in [-0.1, -0.05) is 59.8 Å². The number of nitrogens with two attached hydrogens (primary N) is 1. The topological polar surface area (TPSA) is 202 Å². The van der Waals surface area contributed by atoms with E-state index in [9.17, 15) is 24.0 Å². The summed E-state index contributed by atoms with van der Waals surface area (Å²) in [6, 6.07) is 16.5. The summed E-state index contributed by atoms with van der Waals surface area (Å²) >= 11 is 0. The van der Waals surface area contributed by atoms with E-state index in [1.807, 2.05) is 54.6 Å². The third kappa shape index (κ3) is 8.81. The zero-order valence-electron chi connectivity index (χ0n) is 20.8. The maximum Gasteiger partial charge on any atom is 0.305 e. The molecule has 2 aromatic carbocycles. The summed E-state index contributed by atoms with van der Waals surface area (Å²) in [7, 11) is 0. The molecule has 0 aliphatic carbocycles. The number of benzene rings is 2. The van der Waals surface area contributed by atoms with E-state index in [0.29, 0.717) is 11.5 Å². The van der Waals surface area contributed by atoms with Crippen molar-refractivity contribution in [1.82, 2.24) is 15.8 Å². The Bertz CT molecular complexity index is 1320. The van der Waals surface area contributed by atoms with Gasteiger partial charge in [-0.3, -0.25) is 24.0 Å². The van der Waals surface area contributed by atoms with Crippen LogP contribution in [0.1, 0.15) is 31.4 Å². The SMILES string of the molecule is NC(=O)C(CC(=O)O)NC(=O)C(CCC(=O)O)NC(=O)CCc1cc(-c2ccc(-c3ccccc3)cc2)no1. The number of aromatic nitrogens is 1. The second-order valence-corrected chi connectivity index (χ2v) is 8.74. The summed E-state index contributed by atoms with van der Waals surface area (Å²) in [5.74, 6) is -4.73. The number of rotatable bonds is 14. The Hall–Kier alpha value is -5.00. The van der Waals surface area contributed by atoms with Crippen molar-refractivity contribution < 1.29 is 38.7 Å². The molecule has 3 amide bonds. The number of carboxylic acids is 2. The van der Waals surface area contributed by atoms with Crippen LogP contribution in [-0.4, -0.2) is 57.1 Å². The number of nitrogens with one attached hydrogen (secondary N) is 2. The molecule has 204 valence electrons. The molecule has 0 spiro atoms. The normalized spacial score (nSPS) is 12.2. The number of primary amides is 1. The van der Waals surface area contributed by atoms with Gasteiger partial charge in [0.15, 0.2) is 0 Å². The van der Waals surface area contributed by atoms with Crippen LogP contribution >= 0.6 is 0 Å².